The number of hydrazine groups is 1. The fourth-order valence-electron chi connectivity index (χ4n) is 2.70. The highest BCUT2D eigenvalue weighted by Crippen LogP contribution is 2.47. The zero-order valence-corrected chi connectivity index (χ0v) is 15.9. The van der Waals surface area contributed by atoms with E-state index in [4.69, 9.17) is 23.8 Å². The zero-order valence-electron chi connectivity index (χ0n) is 14.3. The van der Waals surface area contributed by atoms with Gasteiger partial charge in [-0.1, -0.05) is 54.1 Å². The third-order valence-electron chi connectivity index (χ3n) is 4.19. The maximum Gasteiger partial charge on any atom is 0.250 e. The lowest BCUT2D eigenvalue weighted by Gasteiger charge is -2.09. The van der Waals surface area contributed by atoms with Crippen molar-refractivity contribution in [3.05, 3.63) is 76.8 Å². The van der Waals surface area contributed by atoms with Crippen LogP contribution >= 0.6 is 23.8 Å². The summed E-state index contributed by atoms with van der Waals surface area (Å²) in [5, 5.41) is 3.13. The monoisotopic (exact) mass is 399 g/mol. The highest BCUT2D eigenvalue weighted by Gasteiger charge is 2.43. The molecule has 7 heteroatoms. The number of amides is 2. The molecule has 0 aliphatic heterocycles. The van der Waals surface area contributed by atoms with Crippen molar-refractivity contribution in [1.29, 1.82) is 0 Å². The van der Waals surface area contributed by atoms with Crippen LogP contribution in [0.1, 0.15) is 23.5 Å². The topological polar surface area (TPSA) is 70.2 Å². The second-order valence-electron chi connectivity index (χ2n) is 6.18. The molecule has 1 fully saturated rings. The number of hydrogen-bond donors (Lipinski definition) is 3. The molecule has 2 amide bonds. The van der Waals surface area contributed by atoms with Crippen molar-refractivity contribution in [3.8, 4) is 0 Å². The van der Waals surface area contributed by atoms with E-state index in [1.54, 1.807) is 30.3 Å². The predicted octanol–water partition coefficient (Wildman–Crippen LogP) is 3.18. The Morgan fingerprint density at radius 2 is 1.74 bits per heavy atom. The molecule has 5 nitrogen and oxygen atoms in total. The third-order valence-corrected chi connectivity index (χ3v) is 4.64. The summed E-state index contributed by atoms with van der Waals surface area (Å²) in [6.45, 7) is 0. The highest BCUT2D eigenvalue weighted by molar-refractivity contribution is 7.80. The number of nitrogens with one attached hydrogen (secondary N) is 3. The minimum Gasteiger partial charge on any atom is -0.298 e. The van der Waals surface area contributed by atoms with Gasteiger partial charge in [0, 0.05) is 17.0 Å². The minimum atomic E-state index is -0.398. The SMILES string of the molecule is O=C(/C=C/c1ccc(Cl)cc1)NC(=S)NNC(=O)[C@H]1C[C@@H]1c1ccccc1. The van der Waals surface area contributed by atoms with Crippen LogP contribution < -0.4 is 16.2 Å². The van der Waals surface area contributed by atoms with E-state index >= 15 is 0 Å². The molecule has 1 aliphatic rings. The number of benzene rings is 2. The van der Waals surface area contributed by atoms with Crippen LogP contribution in [0.4, 0.5) is 0 Å². The maximum atomic E-state index is 12.1. The number of thiocarbonyl (C=S) groups is 1. The molecule has 0 spiro atoms. The number of hydrogen-bond acceptors (Lipinski definition) is 3. The van der Waals surface area contributed by atoms with Gasteiger partial charge in [-0.25, -0.2) is 0 Å². The van der Waals surface area contributed by atoms with Gasteiger partial charge in [-0.05, 0) is 53.9 Å². The lowest BCUT2D eigenvalue weighted by atomic mass is 10.1. The van der Waals surface area contributed by atoms with E-state index in [0.29, 0.717) is 5.02 Å². The summed E-state index contributed by atoms with van der Waals surface area (Å²) in [6.07, 6.45) is 3.80. The van der Waals surface area contributed by atoms with Gasteiger partial charge in [0.1, 0.15) is 0 Å². The first-order chi connectivity index (χ1) is 13.0. The van der Waals surface area contributed by atoms with Crippen molar-refractivity contribution in [2.24, 2.45) is 5.92 Å². The van der Waals surface area contributed by atoms with Gasteiger partial charge in [0.15, 0.2) is 5.11 Å². The summed E-state index contributed by atoms with van der Waals surface area (Å²) >= 11 is 10.8. The molecule has 1 saturated carbocycles. The molecule has 1 aliphatic carbocycles. The summed E-state index contributed by atoms with van der Waals surface area (Å²) in [6, 6.07) is 17.0. The Labute approximate surface area is 167 Å². The predicted molar refractivity (Wildman–Crippen MR) is 110 cm³/mol. The Morgan fingerprint density at radius 1 is 1.04 bits per heavy atom. The molecule has 0 heterocycles. The molecule has 2 atom stereocenters. The standard InChI is InChI=1S/C20H18ClN3O2S/c21-15-9-6-13(7-10-15)8-11-18(25)22-20(27)24-23-19(26)17-12-16(17)14-4-2-1-3-5-14/h1-11,16-17H,12H2,(H,23,26)(H2,22,24,25,27)/b11-8+/t16-,17+/m1/s1. The summed E-state index contributed by atoms with van der Waals surface area (Å²) in [4.78, 5) is 24.0. The summed E-state index contributed by atoms with van der Waals surface area (Å²) < 4.78 is 0. The maximum absolute atomic E-state index is 12.1. The van der Waals surface area contributed by atoms with Gasteiger partial charge in [0.25, 0.3) is 0 Å². The van der Waals surface area contributed by atoms with E-state index < -0.39 is 5.91 Å². The average molecular weight is 400 g/mol. The largest absolute Gasteiger partial charge is 0.298 e. The molecule has 0 saturated heterocycles. The molecular weight excluding hydrogens is 382 g/mol. The quantitative estimate of drug-likeness (QED) is 0.419. The van der Waals surface area contributed by atoms with Crippen LogP contribution in [0, 0.1) is 5.92 Å². The van der Waals surface area contributed by atoms with Gasteiger partial charge in [0.2, 0.25) is 11.8 Å². The Bertz CT molecular complexity index is 869. The molecule has 3 rings (SSSR count). The van der Waals surface area contributed by atoms with Crippen LogP contribution in [-0.4, -0.2) is 16.9 Å². The molecule has 138 valence electrons. The van der Waals surface area contributed by atoms with E-state index in [0.717, 1.165) is 17.5 Å². The molecule has 0 bridgehead atoms. The third kappa shape index (κ3) is 5.64. The van der Waals surface area contributed by atoms with Gasteiger partial charge >= 0.3 is 0 Å². The first kappa shape index (κ1) is 19.1. The van der Waals surface area contributed by atoms with E-state index in [1.165, 1.54) is 6.08 Å². The van der Waals surface area contributed by atoms with Crippen LogP contribution in [-0.2, 0) is 9.59 Å². The van der Waals surface area contributed by atoms with Crippen LogP contribution in [0.5, 0.6) is 0 Å². The Balaban J connectivity index is 1.40. The summed E-state index contributed by atoms with van der Waals surface area (Å²) in [5.74, 6) is -0.385. The molecule has 27 heavy (non-hydrogen) atoms. The number of halogens is 1. The fraction of sp³-hybridized carbons (Fsp3) is 0.150. The first-order valence-electron chi connectivity index (χ1n) is 8.42. The first-order valence-corrected chi connectivity index (χ1v) is 9.21. The normalized spacial score (nSPS) is 18.0. The Morgan fingerprint density at radius 3 is 2.44 bits per heavy atom. The lowest BCUT2D eigenvalue weighted by molar-refractivity contribution is -0.123. The van der Waals surface area contributed by atoms with E-state index in [2.05, 4.69) is 16.2 Å². The Hall–Kier alpha value is -2.70. The lowest BCUT2D eigenvalue weighted by Crippen LogP contribution is -2.48. The van der Waals surface area contributed by atoms with Crippen molar-refractivity contribution < 1.29 is 9.59 Å². The van der Waals surface area contributed by atoms with E-state index in [1.807, 2.05) is 30.3 Å². The van der Waals surface area contributed by atoms with Crippen molar-refractivity contribution in [1.82, 2.24) is 16.2 Å². The van der Waals surface area contributed by atoms with Crippen molar-refractivity contribution in [3.63, 3.8) is 0 Å². The molecule has 2 aromatic carbocycles. The smallest absolute Gasteiger partial charge is 0.250 e. The van der Waals surface area contributed by atoms with E-state index in [9.17, 15) is 9.59 Å². The van der Waals surface area contributed by atoms with Crippen molar-refractivity contribution in [2.75, 3.05) is 0 Å². The average Bonchev–Trinajstić information content (AvgIpc) is 3.47. The molecular formula is C20H18ClN3O2S. The summed E-state index contributed by atoms with van der Waals surface area (Å²) in [5.41, 5.74) is 7.10. The Kier molecular flexibility index (Phi) is 6.21. The minimum absolute atomic E-state index is 0.0333. The van der Waals surface area contributed by atoms with Crippen LogP contribution in [0.2, 0.25) is 5.02 Å². The van der Waals surface area contributed by atoms with Crippen LogP contribution in [0.25, 0.3) is 6.08 Å². The van der Waals surface area contributed by atoms with Crippen LogP contribution in [0.3, 0.4) is 0 Å². The number of carbonyl (C=O) groups is 2. The second-order valence-corrected chi connectivity index (χ2v) is 7.02. The molecule has 2 aromatic rings. The molecule has 3 N–H and O–H groups in total. The number of rotatable bonds is 4. The second kappa shape index (κ2) is 8.79. The zero-order chi connectivity index (χ0) is 19.2. The summed E-state index contributed by atoms with van der Waals surface area (Å²) in [7, 11) is 0. The van der Waals surface area contributed by atoms with Gasteiger partial charge < -0.3 is 0 Å². The molecule has 0 aromatic heterocycles. The van der Waals surface area contributed by atoms with E-state index in [-0.39, 0.29) is 22.9 Å². The van der Waals surface area contributed by atoms with Crippen molar-refractivity contribution >= 4 is 46.8 Å². The fourth-order valence-corrected chi connectivity index (χ4v) is 2.97. The van der Waals surface area contributed by atoms with Gasteiger partial charge in [-0.2, -0.15) is 0 Å². The van der Waals surface area contributed by atoms with Gasteiger partial charge in [-0.3, -0.25) is 25.8 Å². The molecule has 0 unspecified atom stereocenters. The molecule has 0 radical (unpaired) electrons. The highest BCUT2D eigenvalue weighted by atomic mass is 35.5. The van der Waals surface area contributed by atoms with Gasteiger partial charge in [0.05, 0.1) is 0 Å². The van der Waals surface area contributed by atoms with Gasteiger partial charge in [-0.15, -0.1) is 0 Å². The van der Waals surface area contributed by atoms with Crippen molar-refractivity contribution in [2.45, 2.75) is 12.3 Å². The van der Waals surface area contributed by atoms with Crippen LogP contribution in [0.15, 0.2) is 60.7 Å². The number of carbonyl (C=O) groups excluding carboxylic acids is 2.